The summed E-state index contributed by atoms with van der Waals surface area (Å²) in [4.78, 5) is 0. The van der Waals surface area contributed by atoms with Gasteiger partial charge in [-0.25, -0.2) is 0 Å². The van der Waals surface area contributed by atoms with Gasteiger partial charge in [0.25, 0.3) is 0 Å². The maximum Gasteiger partial charge on any atom is 0.138 e. The minimum absolute atomic E-state index is 0.00707. The molecule has 0 saturated carbocycles. The van der Waals surface area contributed by atoms with E-state index in [0.717, 1.165) is 5.56 Å². The van der Waals surface area contributed by atoms with E-state index in [9.17, 15) is 0 Å². The molecular weight excluding hydrogens is 198 g/mol. The summed E-state index contributed by atoms with van der Waals surface area (Å²) in [5, 5.41) is 0.637. The smallest absolute Gasteiger partial charge is 0.138 e. The van der Waals surface area contributed by atoms with Crippen LogP contribution in [0.1, 0.15) is 19.4 Å². The molecule has 0 radical (unpaired) electrons. The van der Waals surface area contributed by atoms with Crippen LogP contribution in [0.2, 0.25) is 5.02 Å². The maximum atomic E-state index is 6.01. The SMILES string of the molecule is Cc1ccc(OC(C)[C@@H](C)N)c(Cl)c1. The summed E-state index contributed by atoms with van der Waals surface area (Å²) in [6, 6.07) is 5.71. The van der Waals surface area contributed by atoms with Crippen molar-refractivity contribution >= 4 is 11.6 Å². The van der Waals surface area contributed by atoms with E-state index in [2.05, 4.69) is 0 Å². The molecule has 0 saturated heterocycles. The van der Waals surface area contributed by atoms with Gasteiger partial charge in [-0.2, -0.15) is 0 Å². The molecule has 2 N–H and O–H groups in total. The van der Waals surface area contributed by atoms with Crippen LogP contribution in [0, 0.1) is 6.92 Å². The Hall–Kier alpha value is -0.730. The van der Waals surface area contributed by atoms with Gasteiger partial charge in [0.1, 0.15) is 11.9 Å². The number of aryl methyl sites for hydroxylation is 1. The average molecular weight is 214 g/mol. The van der Waals surface area contributed by atoms with E-state index in [1.54, 1.807) is 0 Å². The monoisotopic (exact) mass is 213 g/mol. The number of hydrogen-bond acceptors (Lipinski definition) is 2. The van der Waals surface area contributed by atoms with E-state index >= 15 is 0 Å². The Kier molecular flexibility index (Phi) is 3.78. The normalized spacial score (nSPS) is 14.9. The topological polar surface area (TPSA) is 35.2 Å². The molecule has 0 spiro atoms. The maximum absolute atomic E-state index is 6.01. The molecule has 0 aliphatic heterocycles. The zero-order valence-corrected chi connectivity index (χ0v) is 9.51. The van der Waals surface area contributed by atoms with Crippen molar-refractivity contribution in [3.63, 3.8) is 0 Å². The Balaban J connectivity index is 2.77. The molecule has 0 heterocycles. The number of hydrogen-bond donors (Lipinski definition) is 1. The van der Waals surface area contributed by atoms with Gasteiger partial charge < -0.3 is 10.5 Å². The Morgan fingerprint density at radius 2 is 2.00 bits per heavy atom. The number of ether oxygens (including phenoxy) is 1. The molecule has 0 aliphatic rings. The quantitative estimate of drug-likeness (QED) is 0.838. The van der Waals surface area contributed by atoms with Gasteiger partial charge in [-0.15, -0.1) is 0 Å². The van der Waals surface area contributed by atoms with Crippen LogP contribution in [0.3, 0.4) is 0 Å². The van der Waals surface area contributed by atoms with Crippen LogP contribution in [0.25, 0.3) is 0 Å². The van der Waals surface area contributed by atoms with E-state index in [1.807, 2.05) is 39.0 Å². The van der Waals surface area contributed by atoms with Crippen molar-refractivity contribution in [3.05, 3.63) is 28.8 Å². The van der Waals surface area contributed by atoms with E-state index < -0.39 is 0 Å². The molecule has 0 aromatic heterocycles. The van der Waals surface area contributed by atoms with Crippen LogP contribution < -0.4 is 10.5 Å². The first-order valence-corrected chi connectivity index (χ1v) is 5.07. The molecule has 0 bridgehead atoms. The molecule has 0 aliphatic carbocycles. The molecule has 1 aromatic carbocycles. The number of benzene rings is 1. The van der Waals surface area contributed by atoms with Crippen molar-refractivity contribution in [2.24, 2.45) is 5.73 Å². The van der Waals surface area contributed by atoms with Gasteiger partial charge in [0.05, 0.1) is 5.02 Å². The Bertz CT molecular complexity index is 312. The predicted octanol–water partition coefficient (Wildman–Crippen LogP) is 2.76. The van der Waals surface area contributed by atoms with Gasteiger partial charge in [0.2, 0.25) is 0 Å². The molecule has 0 amide bonds. The van der Waals surface area contributed by atoms with E-state index in [0.29, 0.717) is 10.8 Å². The van der Waals surface area contributed by atoms with Crippen molar-refractivity contribution in [2.45, 2.75) is 32.9 Å². The molecule has 0 fully saturated rings. The predicted molar refractivity (Wildman–Crippen MR) is 59.9 cm³/mol. The highest BCUT2D eigenvalue weighted by atomic mass is 35.5. The van der Waals surface area contributed by atoms with Gasteiger partial charge in [0.15, 0.2) is 0 Å². The molecular formula is C11H16ClNO. The standard InChI is InChI=1S/C11H16ClNO/c1-7-4-5-11(10(12)6-7)14-9(3)8(2)13/h4-6,8-9H,13H2,1-3H3/t8-,9?/m1/s1. The average Bonchev–Trinajstić information content (AvgIpc) is 2.09. The number of rotatable bonds is 3. The van der Waals surface area contributed by atoms with Crippen LogP contribution in [-0.2, 0) is 0 Å². The zero-order valence-electron chi connectivity index (χ0n) is 8.75. The lowest BCUT2D eigenvalue weighted by atomic mass is 10.2. The summed E-state index contributed by atoms with van der Waals surface area (Å²) in [6.07, 6.45) is -0.0322. The molecule has 1 aromatic rings. The fourth-order valence-corrected chi connectivity index (χ4v) is 1.29. The molecule has 3 heteroatoms. The van der Waals surface area contributed by atoms with E-state index in [-0.39, 0.29) is 12.1 Å². The third-order valence-corrected chi connectivity index (χ3v) is 2.44. The zero-order chi connectivity index (χ0) is 10.7. The van der Waals surface area contributed by atoms with E-state index in [1.165, 1.54) is 0 Å². The van der Waals surface area contributed by atoms with Gasteiger partial charge in [-0.1, -0.05) is 17.7 Å². The second-order valence-electron chi connectivity index (χ2n) is 3.62. The van der Waals surface area contributed by atoms with Gasteiger partial charge in [-0.3, -0.25) is 0 Å². The highest BCUT2D eigenvalue weighted by Crippen LogP contribution is 2.26. The van der Waals surface area contributed by atoms with E-state index in [4.69, 9.17) is 22.1 Å². The summed E-state index contributed by atoms with van der Waals surface area (Å²) in [6.45, 7) is 5.83. The van der Waals surface area contributed by atoms with Crippen LogP contribution in [0.15, 0.2) is 18.2 Å². The lowest BCUT2D eigenvalue weighted by molar-refractivity contribution is 0.197. The van der Waals surface area contributed by atoms with Crippen LogP contribution >= 0.6 is 11.6 Å². The van der Waals surface area contributed by atoms with Crippen molar-refractivity contribution < 1.29 is 4.74 Å². The molecule has 2 nitrogen and oxygen atoms in total. The molecule has 1 unspecified atom stereocenters. The summed E-state index contributed by atoms with van der Waals surface area (Å²) >= 11 is 6.01. The summed E-state index contributed by atoms with van der Waals surface area (Å²) in [5.41, 5.74) is 6.82. The summed E-state index contributed by atoms with van der Waals surface area (Å²) in [7, 11) is 0. The van der Waals surface area contributed by atoms with Crippen LogP contribution in [0.5, 0.6) is 5.75 Å². The molecule has 2 atom stereocenters. The van der Waals surface area contributed by atoms with Gasteiger partial charge in [0, 0.05) is 6.04 Å². The summed E-state index contributed by atoms with van der Waals surface area (Å²) in [5.74, 6) is 0.696. The second kappa shape index (κ2) is 4.67. The Morgan fingerprint density at radius 3 is 2.50 bits per heavy atom. The lowest BCUT2D eigenvalue weighted by Gasteiger charge is -2.18. The first kappa shape index (κ1) is 11.3. The largest absolute Gasteiger partial charge is 0.488 e. The molecule has 78 valence electrons. The first-order valence-electron chi connectivity index (χ1n) is 4.69. The van der Waals surface area contributed by atoms with Crippen molar-refractivity contribution in [3.8, 4) is 5.75 Å². The molecule has 14 heavy (non-hydrogen) atoms. The number of nitrogens with two attached hydrogens (primary N) is 1. The Labute approximate surface area is 90.0 Å². The third kappa shape index (κ3) is 2.89. The number of halogens is 1. The van der Waals surface area contributed by atoms with Crippen molar-refractivity contribution in [2.75, 3.05) is 0 Å². The fraction of sp³-hybridized carbons (Fsp3) is 0.455. The van der Waals surface area contributed by atoms with Gasteiger partial charge >= 0.3 is 0 Å². The van der Waals surface area contributed by atoms with Gasteiger partial charge in [-0.05, 0) is 38.5 Å². The fourth-order valence-electron chi connectivity index (χ4n) is 1.01. The highest BCUT2D eigenvalue weighted by molar-refractivity contribution is 6.32. The van der Waals surface area contributed by atoms with Crippen molar-refractivity contribution in [1.82, 2.24) is 0 Å². The third-order valence-electron chi connectivity index (χ3n) is 2.14. The first-order chi connectivity index (χ1) is 6.50. The summed E-state index contributed by atoms with van der Waals surface area (Å²) < 4.78 is 5.60. The Morgan fingerprint density at radius 1 is 1.36 bits per heavy atom. The van der Waals surface area contributed by atoms with Crippen LogP contribution in [-0.4, -0.2) is 12.1 Å². The molecule has 1 rings (SSSR count). The highest BCUT2D eigenvalue weighted by Gasteiger charge is 2.10. The minimum atomic E-state index is -0.0322. The van der Waals surface area contributed by atoms with Crippen LogP contribution in [0.4, 0.5) is 0 Å². The second-order valence-corrected chi connectivity index (χ2v) is 4.02. The minimum Gasteiger partial charge on any atom is -0.488 e. The van der Waals surface area contributed by atoms with Crippen molar-refractivity contribution in [1.29, 1.82) is 0 Å². The lowest BCUT2D eigenvalue weighted by Crippen LogP contribution is -2.33.